The lowest BCUT2D eigenvalue weighted by molar-refractivity contribution is -0.121. The first-order chi connectivity index (χ1) is 27.1. The minimum Gasteiger partial charge on any atom is -0.489 e. The van der Waals surface area contributed by atoms with Gasteiger partial charge in [0.05, 0.1) is 40.5 Å². The fourth-order valence-corrected chi connectivity index (χ4v) is 6.89. The summed E-state index contributed by atoms with van der Waals surface area (Å²) in [5, 5.41) is 17.3. The molecule has 0 fully saturated rings. The highest BCUT2D eigenvalue weighted by molar-refractivity contribution is 7.80. The normalized spacial score (nSPS) is 11.3. The summed E-state index contributed by atoms with van der Waals surface area (Å²) in [6, 6.07) is 38.8. The molecule has 6 aromatic rings. The maximum atomic E-state index is 13.9. The maximum absolute atomic E-state index is 13.9. The molecule has 1 amide bonds. The van der Waals surface area contributed by atoms with Crippen LogP contribution in [0.1, 0.15) is 44.6 Å². The van der Waals surface area contributed by atoms with E-state index in [-0.39, 0.29) is 18.4 Å². The second-order valence-electron chi connectivity index (χ2n) is 13.7. The van der Waals surface area contributed by atoms with Gasteiger partial charge in [0.2, 0.25) is 5.91 Å². The van der Waals surface area contributed by atoms with E-state index < -0.39 is 0 Å². The highest BCUT2D eigenvalue weighted by atomic mass is 35.5. The monoisotopic (exact) mass is 800 g/mol. The zero-order chi connectivity index (χ0) is 39.4. The Balaban J connectivity index is 1.24. The largest absolute Gasteiger partial charge is 0.489 e. The van der Waals surface area contributed by atoms with E-state index in [9.17, 15) is 10.1 Å². The Hall–Kier alpha value is -5.66. The van der Waals surface area contributed by atoms with Crippen molar-refractivity contribution in [2.75, 3.05) is 11.9 Å². The zero-order valence-corrected chi connectivity index (χ0v) is 33.5. The number of nitriles is 1. The Bertz CT molecular complexity index is 2310. The summed E-state index contributed by atoms with van der Waals surface area (Å²) in [5.41, 5.74) is 8.45. The van der Waals surface area contributed by atoms with Gasteiger partial charge < -0.3 is 24.8 Å². The SMILES string of the molecule is Cc1ccc(NC(=S)N(Cc2cccc(Cl)c2Cl)C[C@H](Cc2ccc(OCc3ccccc3)cc2)NC(=O)Cc2cncn2Cc2ccc(C#N)cc2)cc1C. The van der Waals surface area contributed by atoms with Crippen LogP contribution >= 0.6 is 35.4 Å². The molecule has 0 bridgehead atoms. The number of carbonyl (C=O) groups excluding carboxylic acids is 1. The number of rotatable bonds is 15. The van der Waals surface area contributed by atoms with Crippen LogP contribution in [0.4, 0.5) is 5.69 Å². The lowest BCUT2D eigenvalue weighted by Gasteiger charge is -2.31. The first kappa shape index (κ1) is 40.0. The van der Waals surface area contributed by atoms with Crippen molar-refractivity contribution in [1.82, 2.24) is 19.8 Å². The molecular formula is C45H42Cl2N6O2S. The smallest absolute Gasteiger partial charge is 0.226 e. The van der Waals surface area contributed by atoms with Crippen molar-refractivity contribution >= 4 is 52.1 Å². The van der Waals surface area contributed by atoms with Gasteiger partial charge in [0.15, 0.2) is 5.11 Å². The number of carbonyl (C=O) groups is 1. The molecular weight excluding hydrogens is 760 g/mol. The minimum absolute atomic E-state index is 0.116. The van der Waals surface area contributed by atoms with E-state index in [0.717, 1.165) is 44.9 Å². The average Bonchev–Trinajstić information content (AvgIpc) is 3.63. The van der Waals surface area contributed by atoms with Crippen LogP contribution in [0.3, 0.4) is 0 Å². The molecule has 0 saturated heterocycles. The van der Waals surface area contributed by atoms with E-state index in [2.05, 4.69) is 47.7 Å². The van der Waals surface area contributed by atoms with Crippen molar-refractivity contribution in [3.8, 4) is 11.8 Å². The van der Waals surface area contributed by atoms with Crippen LogP contribution in [-0.4, -0.2) is 38.1 Å². The number of aryl methyl sites for hydroxylation is 2. The third kappa shape index (κ3) is 11.2. The van der Waals surface area contributed by atoms with Crippen LogP contribution < -0.4 is 15.4 Å². The number of amides is 1. The van der Waals surface area contributed by atoms with Gasteiger partial charge in [-0.1, -0.05) is 96.0 Å². The predicted octanol–water partition coefficient (Wildman–Crippen LogP) is 9.47. The van der Waals surface area contributed by atoms with Crippen LogP contribution in [0, 0.1) is 25.2 Å². The van der Waals surface area contributed by atoms with Gasteiger partial charge in [-0.2, -0.15) is 5.26 Å². The van der Waals surface area contributed by atoms with Crippen molar-refractivity contribution in [1.29, 1.82) is 5.26 Å². The Morgan fingerprint density at radius 2 is 1.66 bits per heavy atom. The number of anilines is 1. The number of thiocarbonyl (C=S) groups is 1. The standard InChI is InChI=1S/C45H42Cl2N6O2S/c1-31-11-18-38(21-32(31)2)51-45(56)52(27-37-9-6-10-42(46)44(37)47)28-39(22-33-16-19-41(20-17-33)55-29-36-7-4-3-5-8-36)50-43(54)23-40-25-49-30-53(40)26-35-14-12-34(24-48)13-15-35/h3-21,25,30,39H,22-23,26-29H2,1-2H3,(H,50,54)(H,51,56)/t39-/m0/s1. The van der Waals surface area contributed by atoms with Crippen LogP contribution in [0.15, 0.2) is 128 Å². The number of halogens is 2. The van der Waals surface area contributed by atoms with Gasteiger partial charge in [-0.3, -0.25) is 4.79 Å². The van der Waals surface area contributed by atoms with Crippen molar-refractivity contribution in [2.45, 2.75) is 52.4 Å². The second kappa shape index (κ2) is 19.3. The third-order valence-corrected chi connectivity index (χ3v) is 10.7. The molecule has 8 nitrogen and oxygen atoms in total. The maximum Gasteiger partial charge on any atom is 0.226 e. The van der Waals surface area contributed by atoms with Gasteiger partial charge in [0, 0.05) is 37.2 Å². The van der Waals surface area contributed by atoms with Gasteiger partial charge in [0.25, 0.3) is 0 Å². The van der Waals surface area contributed by atoms with Crippen molar-refractivity contribution in [3.05, 3.63) is 182 Å². The van der Waals surface area contributed by atoms with Gasteiger partial charge in [-0.25, -0.2) is 4.98 Å². The highest BCUT2D eigenvalue weighted by Gasteiger charge is 2.22. The summed E-state index contributed by atoms with van der Waals surface area (Å²) in [7, 11) is 0. The Morgan fingerprint density at radius 3 is 2.39 bits per heavy atom. The number of ether oxygens (including phenoxy) is 1. The van der Waals surface area contributed by atoms with E-state index in [1.165, 1.54) is 5.56 Å². The molecule has 0 saturated carbocycles. The molecule has 0 unspecified atom stereocenters. The van der Waals surface area contributed by atoms with E-state index in [1.807, 2.05) is 94.4 Å². The number of benzene rings is 5. The lowest BCUT2D eigenvalue weighted by atomic mass is 10.0. The molecule has 0 spiro atoms. The summed E-state index contributed by atoms with van der Waals surface area (Å²) in [6.45, 7) is 5.83. The zero-order valence-electron chi connectivity index (χ0n) is 31.2. The molecule has 11 heteroatoms. The molecule has 1 aromatic heterocycles. The van der Waals surface area contributed by atoms with Crippen LogP contribution in [0.25, 0.3) is 0 Å². The van der Waals surface area contributed by atoms with E-state index >= 15 is 0 Å². The predicted molar refractivity (Wildman–Crippen MR) is 228 cm³/mol. The van der Waals surface area contributed by atoms with Crippen molar-refractivity contribution < 1.29 is 9.53 Å². The van der Waals surface area contributed by atoms with Crippen molar-refractivity contribution in [2.24, 2.45) is 0 Å². The number of nitrogens with one attached hydrogen (secondary N) is 2. The van der Waals surface area contributed by atoms with Gasteiger partial charge in [-0.05, 0) is 108 Å². The van der Waals surface area contributed by atoms with E-state index in [0.29, 0.717) is 53.4 Å². The van der Waals surface area contributed by atoms with Gasteiger partial charge in [0.1, 0.15) is 12.4 Å². The molecule has 2 N–H and O–H groups in total. The number of hydrogen-bond donors (Lipinski definition) is 2. The van der Waals surface area contributed by atoms with Crippen LogP contribution in [-0.2, 0) is 37.3 Å². The molecule has 5 aromatic carbocycles. The summed E-state index contributed by atoms with van der Waals surface area (Å²) in [4.78, 5) is 20.3. The summed E-state index contributed by atoms with van der Waals surface area (Å²) in [5.74, 6) is 0.595. The van der Waals surface area contributed by atoms with Crippen LogP contribution in [0.5, 0.6) is 5.75 Å². The molecule has 0 aliphatic carbocycles. The molecule has 56 heavy (non-hydrogen) atoms. The summed E-state index contributed by atoms with van der Waals surface area (Å²) < 4.78 is 7.99. The third-order valence-electron chi connectivity index (χ3n) is 9.47. The Labute approximate surface area is 343 Å². The number of aromatic nitrogens is 2. The first-order valence-electron chi connectivity index (χ1n) is 18.2. The molecule has 0 aliphatic heterocycles. The highest BCUT2D eigenvalue weighted by Crippen LogP contribution is 2.27. The van der Waals surface area contributed by atoms with Crippen molar-refractivity contribution in [3.63, 3.8) is 0 Å². The van der Waals surface area contributed by atoms with Gasteiger partial charge >= 0.3 is 0 Å². The molecule has 1 heterocycles. The second-order valence-corrected chi connectivity index (χ2v) is 14.9. The Kier molecular flexibility index (Phi) is 13.8. The topological polar surface area (TPSA) is 95.2 Å². The van der Waals surface area contributed by atoms with Crippen LogP contribution in [0.2, 0.25) is 10.0 Å². The first-order valence-corrected chi connectivity index (χ1v) is 19.4. The number of hydrogen-bond acceptors (Lipinski definition) is 5. The Morgan fingerprint density at radius 1 is 0.911 bits per heavy atom. The fraction of sp³-hybridized carbons (Fsp3) is 0.200. The summed E-state index contributed by atoms with van der Waals surface area (Å²) in [6.07, 6.45) is 4.06. The fourth-order valence-electron chi connectivity index (χ4n) is 6.25. The minimum atomic E-state index is -0.369. The summed E-state index contributed by atoms with van der Waals surface area (Å²) >= 11 is 19.2. The molecule has 0 radical (unpaired) electrons. The number of imidazole rings is 1. The molecule has 0 aliphatic rings. The molecule has 284 valence electrons. The average molecular weight is 802 g/mol. The van der Waals surface area contributed by atoms with E-state index in [4.69, 9.17) is 40.2 Å². The van der Waals surface area contributed by atoms with Gasteiger partial charge in [-0.15, -0.1) is 0 Å². The quantitative estimate of drug-likeness (QED) is 0.100. The number of nitrogens with zero attached hydrogens (tertiary/aromatic N) is 4. The molecule has 6 rings (SSSR count). The lowest BCUT2D eigenvalue weighted by Crippen LogP contribution is -2.48. The van der Waals surface area contributed by atoms with E-state index in [1.54, 1.807) is 30.7 Å². The molecule has 1 atom stereocenters.